The van der Waals surface area contributed by atoms with Crippen molar-refractivity contribution < 1.29 is 14.3 Å². The average molecular weight is 408 g/mol. The standard InChI is InChI=1S/C26H33NO3/c1-3-30-24-6-4-5-22(17-24)18(2)15-19-7-8-23(16-19)20-9-11-21(12-10-20)25(28)13-14-26(27)29/h4-6,9-12,17-19,23H,3,7-8,13-16H2,1-2H3,(H2,27,29)/t18-,19?,23-/m0/s1. The molecule has 0 heterocycles. The van der Waals surface area contributed by atoms with Crippen LogP contribution in [0.1, 0.15) is 85.7 Å². The molecule has 2 N–H and O–H groups in total. The quantitative estimate of drug-likeness (QED) is 0.520. The minimum atomic E-state index is -0.434. The smallest absolute Gasteiger partial charge is 0.217 e. The molecule has 4 heteroatoms. The molecular formula is C26H33NO3. The van der Waals surface area contributed by atoms with E-state index in [1.54, 1.807) is 0 Å². The van der Waals surface area contributed by atoms with Crippen LogP contribution in [0.2, 0.25) is 0 Å². The average Bonchev–Trinajstić information content (AvgIpc) is 3.21. The highest BCUT2D eigenvalue weighted by molar-refractivity contribution is 5.97. The Morgan fingerprint density at radius 1 is 1.10 bits per heavy atom. The first-order valence-electron chi connectivity index (χ1n) is 11.1. The van der Waals surface area contributed by atoms with Gasteiger partial charge in [-0.2, -0.15) is 0 Å². The summed E-state index contributed by atoms with van der Waals surface area (Å²) in [4.78, 5) is 23.0. The first-order valence-corrected chi connectivity index (χ1v) is 11.1. The number of carbonyl (C=O) groups excluding carboxylic acids is 2. The summed E-state index contributed by atoms with van der Waals surface area (Å²) in [7, 11) is 0. The molecule has 0 aliphatic heterocycles. The summed E-state index contributed by atoms with van der Waals surface area (Å²) in [5.74, 6) is 2.30. The zero-order valence-electron chi connectivity index (χ0n) is 18.1. The Morgan fingerprint density at radius 3 is 2.57 bits per heavy atom. The van der Waals surface area contributed by atoms with E-state index in [2.05, 4.69) is 37.3 Å². The molecule has 0 spiro atoms. The number of nitrogens with two attached hydrogens (primary N) is 1. The lowest BCUT2D eigenvalue weighted by Crippen LogP contribution is -2.12. The van der Waals surface area contributed by atoms with Gasteiger partial charge in [-0.1, -0.05) is 43.3 Å². The number of carbonyl (C=O) groups is 2. The molecule has 4 nitrogen and oxygen atoms in total. The summed E-state index contributed by atoms with van der Waals surface area (Å²) in [6, 6.07) is 16.4. The molecule has 1 amide bonds. The Kier molecular flexibility index (Phi) is 7.67. The molecule has 1 fully saturated rings. The lowest BCUT2D eigenvalue weighted by Gasteiger charge is -2.18. The lowest BCUT2D eigenvalue weighted by molar-refractivity contribution is -0.118. The van der Waals surface area contributed by atoms with Crippen molar-refractivity contribution in [2.45, 2.75) is 64.2 Å². The minimum absolute atomic E-state index is 0.0206. The Hall–Kier alpha value is -2.62. The van der Waals surface area contributed by atoms with E-state index in [-0.39, 0.29) is 18.6 Å². The van der Waals surface area contributed by atoms with Gasteiger partial charge >= 0.3 is 0 Å². The lowest BCUT2D eigenvalue weighted by atomic mass is 9.88. The molecule has 1 aliphatic rings. The summed E-state index contributed by atoms with van der Waals surface area (Å²) < 4.78 is 5.65. The molecule has 1 aliphatic carbocycles. The number of rotatable bonds is 10. The Labute approximate surface area is 179 Å². The van der Waals surface area contributed by atoms with Crippen LogP contribution in [-0.2, 0) is 4.79 Å². The van der Waals surface area contributed by atoms with E-state index in [4.69, 9.17) is 10.5 Å². The van der Waals surface area contributed by atoms with Crippen LogP contribution in [0, 0.1) is 5.92 Å². The third-order valence-electron chi connectivity index (χ3n) is 6.27. The first kappa shape index (κ1) is 22.1. The Balaban J connectivity index is 1.54. The maximum atomic E-state index is 12.1. The fourth-order valence-electron chi connectivity index (χ4n) is 4.63. The van der Waals surface area contributed by atoms with E-state index >= 15 is 0 Å². The van der Waals surface area contributed by atoms with Crippen molar-refractivity contribution in [2.24, 2.45) is 11.7 Å². The second-order valence-electron chi connectivity index (χ2n) is 8.53. The predicted molar refractivity (Wildman–Crippen MR) is 120 cm³/mol. The molecular weight excluding hydrogens is 374 g/mol. The van der Waals surface area contributed by atoms with Crippen LogP contribution in [0.15, 0.2) is 48.5 Å². The van der Waals surface area contributed by atoms with E-state index in [0.717, 1.165) is 11.7 Å². The molecule has 30 heavy (non-hydrogen) atoms. The molecule has 0 saturated heterocycles. The van der Waals surface area contributed by atoms with Crippen LogP contribution in [0.3, 0.4) is 0 Å². The molecule has 0 radical (unpaired) electrons. The van der Waals surface area contributed by atoms with Crippen molar-refractivity contribution in [3.8, 4) is 5.75 Å². The highest BCUT2D eigenvalue weighted by atomic mass is 16.5. The SMILES string of the molecule is CCOc1cccc([C@@H](C)CC2CC[C@H](c3ccc(C(=O)CCC(N)=O)cc3)C2)c1. The predicted octanol–water partition coefficient (Wildman–Crippen LogP) is 5.61. The van der Waals surface area contributed by atoms with Gasteiger partial charge in [-0.25, -0.2) is 0 Å². The van der Waals surface area contributed by atoms with E-state index in [9.17, 15) is 9.59 Å². The summed E-state index contributed by atoms with van der Waals surface area (Å²) in [5.41, 5.74) is 8.46. The third kappa shape index (κ3) is 5.94. The van der Waals surface area contributed by atoms with Crippen molar-refractivity contribution in [3.63, 3.8) is 0 Å². The largest absolute Gasteiger partial charge is 0.494 e. The van der Waals surface area contributed by atoms with Crippen LogP contribution in [0.25, 0.3) is 0 Å². The number of primary amides is 1. The normalized spacial score (nSPS) is 19.4. The van der Waals surface area contributed by atoms with Gasteiger partial charge in [0.05, 0.1) is 6.61 Å². The van der Waals surface area contributed by atoms with Crippen LogP contribution in [0.4, 0.5) is 0 Å². The van der Waals surface area contributed by atoms with Crippen molar-refractivity contribution in [2.75, 3.05) is 6.61 Å². The maximum Gasteiger partial charge on any atom is 0.217 e. The fourth-order valence-corrected chi connectivity index (χ4v) is 4.63. The van der Waals surface area contributed by atoms with Crippen molar-refractivity contribution in [1.82, 2.24) is 0 Å². The molecule has 2 aromatic carbocycles. The number of amides is 1. The minimum Gasteiger partial charge on any atom is -0.494 e. The molecule has 160 valence electrons. The number of hydrogen-bond acceptors (Lipinski definition) is 3. The second-order valence-corrected chi connectivity index (χ2v) is 8.53. The summed E-state index contributed by atoms with van der Waals surface area (Å²) in [6.07, 6.45) is 5.13. The van der Waals surface area contributed by atoms with Gasteiger partial charge in [0.25, 0.3) is 0 Å². The van der Waals surface area contributed by atoms with Gasteiger partial charge in [0, 0.05) is 18.4 Å². The number of ketones is 1. The highest BCUT2D eigenvalue weighted by Crippen LogP contribution is 2.42. The highest BCUT2D eigenvalue weighted by Gasteiger charge is 2.27. The second kappa shape index (κ2) is 10.4. The van der Waals surface area contributed by atoms with Gasteiger partial charge in [-0.05, 0) is 73.6 Å². The van der Waals surface area contributed by atoms with E-state index in [1.165, 1.54) is 36.8 Å². The van der Waals surface area contributed by atoms with Gasteiger partial charge in [-0.15, -0.1) is 0 Å². The van der Waals surface area contributed by atoms with E-state index in [0.29, 0.717) is 24.0 Å². The van der Waals surface area contributed by atoms with Crippen LogP contribution in [-0.4, -0.2) is 18.3 Å². The molecule has 3 rings (SSSR count). The number of hydrogen-bond donors (Lipinski definition) is 1. The first-order chi connectivity index (χ1) is 14.5. The van der Waals surface area contributed by atoms with Gasteiger partial charge in [0.2, 0.25) is 5.91 Å². The maximum absolute atomic E-state index is 12.1. The molecule has 0 bridgehead atoms. The van der Waals surface area contributed by atoms with Gasteiger partial charge in [0.15, 0.2) is 5.78 Å². The Bertz CT molecular complexity index is 859. The van der Waals surface area contributed by atoms with Crippen molar-refractivity contribution >= 4 is 11.7 Å². The van der Waals surface area contributed by atoms with Gasteiger partial charge < -0.3 is 10.5 Å². The van der Waals surface area contributed by atoms with Gasteiger partial charge in [0.1, 0.15) is 5.75 Å². The zero-order chi connectivity index (χ0) is 21.5. The summed E-state index contributed by atoms with van der Waals surface area (Å²) >= 11 is 0. The number of benzene rings is 2. The van der Waals surface area contributed by atoms with Crippen LogP contribution < -0.4 is 10.5 Å². The fraction of sp³-hybridized carbons (Fsp3) is 0.462. The summed E-state index contributed by atoms with van der Waals surface area (Å²) in [5, 5.41) is 0. The zero-order valence-corrected chi connectivity index (χ0v) is 18.1. The third-order valence-corrected chi connectivity index (χ3v) is 6.27. The van der Waals surface area contributed by atoms with Crippen LogP contribution in [0.5, 0.6) is 5.75 Å². The molecule has 3 atom stereocenters. The topological polar surface area (TPSA) is 69.4 Å². The van der Waals surface area contributed by atoms with Gasteiger partial charge in [-0.3, -0.25) is 9.59 Å². The number of ether oxygens (including phenoxy) is 1. The van der Waals surface area contributed by atoms with E-state index < -0.39 is 5.91 Å². The molecule has 1 unspecified atom stereocenters. The van der Waals surface area contributed by atoms with Crippen LogP contribution >= 0.6 is 0 Å². The van der Waals surface area contributed by atoms with E-state index in [1.807, 2.05) is 25.1 Å². The molecule has 0 aromatic heterocycles. The van der Waals surface area contributed by atoms with Crippen molar-refractivity contribution in [1.29, 1.82) is 0 Å². The molecule has 2 aromatic rings. The monoisotopic (exact) mass is 407 g/mol. The molecule has 1 saturated carbocycles. The Morgan fingerprint density at radius 2 is 1.87 bits per heavy atom. The summed E-state index contributed by atoms with van der Waals surface area (Å²) in [6.45, 7) is 5.01. The van der Waals surface area contributed by atoms with Crippen molar-refractivity contribution in [3.05, 3.63) is 65.2 Å². The number of Topliss-reactive ketones (excluding diaryl/α,β-unsaturated/α-hetero) is 1.